The van der Waals surface area contributed by atoms with Gasteiger partial charge in [-0.3, -0.25) is 14.4 Å². The summed E-state index contributed by atoms with van der Waals surface area (Å²) in [5.41, 5.74) is 0.646. The maximum atomic E-state index is 12.8. The number of carboxylic acid groups (broad SMARTS) is 1. The summed E-state index contributed by atoms with van der Waals surface area (Å²) in [5, 5.41) is 9.09. The molecule has 1 unspecified atom stereocenters. The lowest BCUT2D eigenvalue weighted by Crippen LogP contribution is -2.42. The maximum absolute atomic E-state index is 12.8. The van der Waals surface area contributed by atoms with Gasteiger partial charge in [0.15, 0.2) is 11.5 Å². The molecule has 146 valence electrons. The van der Waals surface area contributed by atoms with Gasteiger partial charge in [-0.05, 0) is 18.1 Å². The number of hydrogen-bond donors (Lipinski definition) is 1. The van der Waals surface area contributed by atoms with E-state index in [0.717, 1.165) is 0 Å². The van der Waals surface area contributed by atoms with Gasteiger partial charge in [-0.1, -0.05) is 13.8 Å². The van der Waals surface area contributed by atoms with Crippen molar-refractivity contribution in [1.29, 1.82) is 0 Å². The first-order valence-corrected chi connectivity index (χ1v) is 9.05. The number of anilines is 1. The molecule has 1 atom stereocenters. The number of carboxylic acids is 1. The summed E-state index contributed by atoms with van der Waals surface area (Å²) < 4.78 is 11.0. The van der Waals surface area contributed by atoms with Crippen LogP contribution in [0.4, 0.5) is 5.69 Å². The molecule has 3 rings (SSSR count). The fraction of sp³-hybridized carbons (Fsp3) is 0.526. The van der Waals surface area contributed by atoms with Crippen LogP contribution in [-0.2, 0) is 14.4 Å². The minimum Gasteiger partial charge on any atom is -0.486 e. The minimum atomic E-state index is -1.06. The Morgan fingerprint density at radius 2 is 1.96 bits per heavy atom. The Kier molecular flexibility index (Phi) is 5.53. The van der Waals surface area contributed by atoms with Crippen LogP contribution in [0.5, 0.6) is 11.5 Å². The monoisotopic (exact) mass is 376 g/mol. The van der Waals surface area contributed by atoms with Crippen molar-refractivity contribution in [1.82, 2.24) is 4.90 Å². The average Bonchev–Trinajstić information content (AvgIpc) is 3.01. The topological polar surface area (TPSA) is 96.4 Å². The Balaban J connectivity index is 1.74. The van der Waals surface area contributed by atoms with Crippen LogP contribution < -0.4 is 14.4 Å². The summed E-state index contributed by atoms with van der Waals surface area (Å²) in [4.78, 5) is 39.3. The number of nitrogens with zero attached hydrogens (tertiary/aromatic N) is 2. The van der Waals surface area contributed by atoms with Crippen LogP contribution in [0, 0.1) is 11.8 Å². The molecule has 8 nitrogen and oxygen atoms in total. The number of carbonyl (C=O) groups excluding carboxylic acids is 2. The molecular weight excluding hydrogens is 352 g/mol. The van der Waals surface area contributed by atoms with Gasteiger partial charge in [0.1, 0.15) is 19.8 Å². The lowest BCUT2D eigenvalue weighted by atomic mass is 10.1. The van der Waals surface area contributed by atoms with Crippen molar-refractivity contribution in [2.45, 2.75) is 20.3 Å². The second-order valence-electron chi connectivity index (χ2n) is 7.24. The molecule has 0 aromatic heterocycles. The quantitative estimate of drug-likeness (QED) is 0.806. The number of ether oxygens (including phenoxy) is 2. The number of fused-ring (bicyclic) bond motifs is 1. The highest BCUT2D eigenvalue weighted by atomic mass is 16.6. The Labute approximate surface area is 157 Å². The molecule has 0 aliphatic carbocycles. The predicted molar refractivity (Wildman–Crippen MR) is 96.9 cm³/mol. The third-order valence-electron chi connectivity index (χ3n) is 4.54. The summed E-state index contributed by atoms with van der Waals surface area (Å²) in [5.74, 6) is -0.716. The highest BCUT2D eigenvalue weighted by Crippen LogP contribution is 2.36. The highest BCUT2D eigenvalue weighted by molar-refractivity contribution is 6.00. The van der Waals surface area contributed by atoms with Crippen LogP contribution >= 0.6 is 0 Å². The summed E-state index contributed by atoms with van der Waals surface area (Å²) in [6.45, 7) is 5.00. The first-order chi connectivity index (χ1) is 12.8. The lowest BCUT2D eigenvalue weighted by molar-refractivity contribution is -0.146. The van der Waals surface area contributed by atoms with Crippen LogP contribution in [0.3, 0.4) is 0 Å². The van der Waals surface area contributed by atoms with Crippen molar-refractivity contribution < 1.29 is 29.0 Å². The fourth-order valence-electron chi connectivity index (χ4n) is 3.42. The van der Waals surface area contributed by atoms with Crippen molar-refractivity contribution in [2.24, 2.45) is 11.8 Å². The molecular formula is C19H24N2O6. The van der Waals surface area contributed by atoms with E-state index in [9.17, 15) is 14.4 Å². The van der Waals surface area contributed by atoms with Gasteiger partial charge in [-0.25, -0.2) is 0 Å². The number of carbonyl (C=O) groups is 3. The summed E-state index contributed by atoms with van der Waals surface area (Å²) in [7, 11) is 0. The Hall–Kier alpha value is -2.77. The van der Waals surface area contributed by atoms with E-state index in [2.05, 4.69) is 0 Å². The number of rotatable bonds is 6. The van der Waals surface area contributed by atoms with Gasteiger partial charge in [-0.15, -0.1) is 0 Å². The molecule has 1 aromatic rings. The summed E-state index contributed by atoms with van der Waals surface area (Å²) >= 11 is 0. The van der Waals surface area contributed by atoms with Gasteiger partial charge in [-0.2, -0.15) is 0 Å². The molecule has 2 amide bonds. The molecule has 1 aromatic carbocycles. The number of aliphatic carboxylic acids is 1. The van der Waals surface area contributed by atoms with Crippen LogP contribution in [0.2, 0.25) is 0 Å². The van der Waals surface area contributed by atoms with Crippen molar-refractivity contribution in [3.63, 3.8) is 0 Å². The van der Waals surface area contributed by atoms with Crippen LogP contribution in [0.1, 0.15) is 20.3 Å². The molecule has 2 heterocycles. The standard InChI is InChI=1S/C19H24N2O6/c1-12(2)9-20(11-18(23)24)19(25)13-7-17(22)21(10-13)14-3-4-15-16(8-14)27-6-5-26-15/h3-4,8,12-13H,5-7,9-11H2,1-2H3,(H,23,24). The van der Waals surface area contributed by atoms with E-state index in [1.54, 1.807) is 23.1 Å². The van der Waals surface area contributed by atoms with Crippen molar-refractivity contribution in [3.8, 4) is 11.5 Å². The largest absolute Gasteiger partial charge is 0.486 e. The Bertz CT molecular complexity index is 748. The van der Waals surface area contributed by atoms with E-state index >= 15 is 0 Å². The molecule has 1 fully saturated rings. The number of hydrogen-bond acceptors (Lipinski definition) is 5. The van der Waals surface area contributed by atoms with Crippen LogP contribution in [0.15, 0.2) is 18.2 Å². The molecule has 1 saturated heterocycles. The van der Waals surface area contributed by atoms with E-state index in [-0.39, 0.29) is 37.2 Å². The SMILES string of the molecule is CC(C)CN(CC(=O)O)C(=O)C1CC(=O)N(c2ccc3c(c2)OCCO3)C1. The number of amides is 2. The molecule has 0 saturated carbocycles. The second kappa shape index (κ2) is 7.85. The average molecular weight is 376 g/mol. The van der Waals surface area contributed by atoms with Crippen molar-refractivity contribution >= 4 is 23.5 Å². The molecule has 2 aliphatic heterocycles. The molecule has 2 aliphatic rings. The molecule has 0 radical (unpaired) electrons. The van der Waals surface area contributed by atoms with Gasteiger partial charge in [0.05, 0.1) is 5.92 Å². The third kappa shape index (κ3) is 4.32. The van der Waals surface area contributed by atoms with E-state index in [1.807, 2.05) is 13.8 Å². The lowest BCUT2D eigenvalue weighted by Gasteiger charge is -2.26. The zero-order valence-corrected chi connectivity index (χ0v) is 15.5. The minimum absolute atomic E-state index is 0.0709. The van der Waals surface area contributed by atoms with E-state index in [1.165, 1.54) is 4.90 Å². The van der Waals surface area contributed by atoms with Gasteiger partial charge < -0.3 is 24.4 Å². The smallest absolute Gasteiger partial charge is 0.323 e. The van der Waals surface area contributed by atoms with E-state index < -0.39 is 11.9 Å². The first-order valence-electron chi connectivity index (χ1n) is 9.05. The zero-order chi connectivity index (χ0) is 19.6. The zero-order valence-electron chi connectivity index (χ0n) is 15.5. The highest BCUT2D eigenvalue weighted by Gasteiger charge is 2.38. The Morgan fingerprint density at radius 3 is 2.63 bits per heavy atom. The van der Waals surface area contributed by atoms with Crippen molar-refractivity contribution in [3.05, 3.63) is 18.2 Å². The molecule has 0 spiro atoms. The van der Waals surface area contributed by atoms with Gasteiger partial charge in [0.25, 0.3) is 0 Å². The van der Waals surface area contributed by atoms with Gasteiger partial charge >= 0.3 is 5.97 Å². The van der Waals surface area contributed by atoms with Crippen LogP contribution in [0.25, 0.3) is 0 Å². The van der Waals surface area contributed by atoms with Gasteiger partial charge in [0, 0.05) is 31.3 Å². The Morgan fingerprint density at radius 1 is 1.26 bits per heavy atom. The van der Waals surface area contributed by atoms with Crippen molar-refractivity contribution in [2.75, 3.05) is 37.7 Å². The third-order valence-corrected chi connectivity index (χ3v) is 4.54. The molecule has 1 N–H and O–H groups in total. The molecule has 8 heteroatoms. The predicted octanol–water partition coefficient (Wildman–Crippen LogP) is 1.38. The number of benzene rings is 1. The van der Waals surface area contributed by atoms with Gasteiger partial charge in [0.2, 0.25) is 11.8 Å². The molecule has 0 bridgehead atoms. The second-order valence-corrected chi connectivity index (χ2v) is 7.24. The van der Waals surface area contributed by atoms with E-state index in [0.29, 0.717) is 36.9 Å². The fourth-order valence-corrected chi connectivity index (χ4v) is 3.42. The summed E-state index contributed by atoms with van der Waals surface area (Å²) in [6, 6.07) is 5.26. The maximum Gasteiger partial charge on any atom is 0.323 e. The first kappa shape index (κ1) is 19.0. The summed E-state index contributed by atoms with van der Waals surface area (Å²) in [6.07, 6.45) is 0.0709. The molecule has 27 heavy (non-hydrogen) atoms. The van der Waals surface area contributed by atoms with E-state index in [4.69, 9.17) is 14.6 Å². The van der Waals surface area contributed by atoms with Crippen LogP contribution in [-0.4, -0.2) is 60.6 Å². The normalized spacial score (nSPS) is 18.7.